The molecule has 0 saturated carbocycles. The third-order valence-corrected chi connectivity index (χ3v) is 5.24. The molecule has 1 saturated heterocycles. The number of nitrogens with zero attached hydrogens (tertiary/aromatic N) is 1. The van der Waals surface area contributed by atoms with Crippen molar-refractivity contribution in [1.82, 2.24) is 4.31 Å². The van der Waals surface area contributed by atoms with Crippen molar-refractivity contribution in [2.75, 3.05) is 19.8 Å². The van der Waals surface area contributed by atoms with Gasteiger partial charge in [0.25, 0.3) is 0 Å². The third-order valence-electron chi connectivity index (χ3n) is 3.21. The number of morpholine rings is 1. The Bertz CT molecular complexity index is 636. The molecular formula is C14H17NO5S. The van der Waals surface area contributed by atoms with Crippen molar-refractivity contribution in [3.05, 3.63) is 35.9 Å². The molecule has 1 aromatic rings. The maximum Gasteiger partial charge on any atom is 0.328 e. The Kier molecular flexibility index (Phi) is 4.76. The van der Waals surface area contributed by atoms with Gasteiger partial charge in [-0.1, -0.05) is 12.1 Å². The first-order valence-corrected chi connectivity index (χ1v) is 7.96. The number of aliphatic carboxylic acids is 1. The van der Waals surface area contributed by atoms with E-state index < -0.39 is 16.0 Å². The molecule has 21 heavy (non-hydrogen) atoms. The number of rotatable bonds is 4. The van der Waals surface area contributed by atoms with E-state index in [0.717, 1.165) is 6.08 Å². The number of carbonyl (C=O) groups is 1. The van der Waals surface area contributed by atoms with Gasteiger partial charge in [-0.3, -0.25) is 0 Å². The molecule has 1 N–H and O–H groups in total. The van der Waals surface area contributed by atoms with E-state index in [4.69, 9.17) is 9.84 Å². The van der Waals surface area contributed by atoms with Crippen molar-refractivity contribution in [2.45, 2.75) is 17.9 Å². The summed E-state index contributed by atoms with van der Waals surface area (Å²) < 4.78 is 31.7. The lowest BCUT2D eigenvalue weighted by molar-refractivity contribution is -0.131. The standard InChI is InChI=1S/C14H17NO5S/c1-11-10-20-9-8-15(11)21(18,19)13-5-2-12(3-6-13)4-7-14(16)17/h2-7,11H,8-10H2,1H3,(H,16,17)/b7-4+/t11-/m1/s1. The maximum atomic E-state index is 12.5. The molecular weight excluding hydrogens is 294 g/mol. The molecule has 1 fully saturated rings. The van der Waals surface area contributed by atoms with Crippen LogP contribution < -0.4 is 0 Å². The van der Waals surface area contributed by atoms with Crippen molar-refractivity contribution in [1.29, 1.82) is 0 Å². The Hall–Kier alpha value is -1.70. The second-order valence-corrected chi connectivity index (χ2v) is 6.67. The lowest BCUT2D eigenvalue weighted by atomic mass is 10.2. The van der Waals surface area contributed by atoms with Crippen LogP contribution in [0.3, 0.4) is 0 Å². The molecule has 2 rings (SSSR count). The first-order chi connectivity index (χ1) is 9.91. The fraction of sp³-hybridized carbons (Fsp3) is 0.357. The fourth-order valence-electron chi connectivity index (χ4n) is 2.12. The van der Waals surface area contributed by atoms with Gasteiger partial charge in [-0.2, -0.15) is 4.31 Å². The molecule has 0 amide bonds. The smallest absolute Gasteiger partial charge is 0.328 e. The van der Waals surface area contributed by atoms with E-state index in [-0.39, 0.29) is 10.9 Å². The Balaban J connectivity index is 2.22. The van der Waals surface area contributed by atoms with Gasteiger partial charge in [0.2, 0.25) is 10.0 Å². The Morgan fingerprint density at radius 3 is 2.62 bits per heavy atom. The Morgan fingerprint density at radius 2 is 2.05 bits per heavy atom. The highest BCUT2D eigenvalue weighted by atomic mass is 32.2. The van der Waals surface area contributed by atoms with Crippen molar-refractivity contribution in [2.24, 2.45) is 0 Å². The summed E-state index contributed by atoms with van der Waals surface area (Å²) in [5.41, 5.74) is 0.631. The molecule has 1 atom stereocenters. The van der Waals surface area contributed by atoms with Crippen LogP contribution in [-0.4, -0.2) is 49.6 Å². The average Bonchev–Trinajstić information content (AvgIpc) is 2.46. The Labute approximate surface area is 123 Å². The molecule has 1 aliphatic heterocycles. The molecule has 1 aliphatic rings. The molecule has 0 radical (unpaired) electrons. The zero-order valence-corrected chi connectivity index (χ0v) is 12.4. The van der Waals surface area contributed by atoms with E-state index in [1.165, 1.54) is 22.5 Å². The minimum Gasteiger partial charge on any atom is -0.478 e. The largest absolute Gasteiger partial charge is 0.478 e. The third kappa shape index (κ3) is 3.69. The fourth-order valence-corrected chi connectivity index (χ4v) is 3.72. The van der Waals surface area contributed by atoms with Crippen molar-refractivity contribution >= 4 is 22.1 Å². The van der Waals surface area contributed by atoms with Crippen LogP contribution in [0, 0.1) is 0 Å². The molecule has 0 bridgehead atoms. The monoisotopic (exact) mass is 311 g/mol. The number of ether oxygens (including phenoxy) is 1. The first-order valence-electron chi connectivity index (χ1n) is 6.52. The molecule has 1 aromatic carbocycles. The van der Waals surface area contributed by atoms with Gasteiger partial charge in [0.15, 0.2) is 0 Å². The molecule has 0 spiro atoms. The van der Waals surface area contributed by atoms with Crippen LogP contribution >= 0.6 is 0 Å². The highest BCUT2D eigenvalue weighted by Crippen LogP contribution is 2.21. The number of carboxylic acids is 1. The number of hydrogen-bond donors (Lipinski definition) is 1. The number of benzene rings is 1. The van der Waals surface area contributed by atoms with Gasteiger partial charge in [-0.25, -0.2) is 13.2 Å². The SMILES string of the molecule is C[C@@H]1COCCN1S(=O)(=O)c1ccc(/C=C/C(=O)O)cc1. The highest BCUT2D eigenvalue weighted by molar-refractivity contribution is 7.89. The van der Waals surface area contributed by atoms with Crippen molar-refractivity contribution < 1.29 is 23.1 Å². The van der Waals surface area contributed by atoms with Crippen LogP contribution in [0.2, 0.25) is 0 Å². The zero-order valence-electron chi connectivity index (χ0n) is 11.6. The van der Waals surface area contributed by atoms with Crippen LogP contribution in [0.5, 0.6) is 0 Å². The second-order valence-electron chi connectivity index (χ2n) is 4.78. The summed E-state index contributed by atoms with van der Waals surface area (Å²) in [6.07, 6.45) is 2.42. The summed E-state index contributed by atoms with van der Waals surface area (Å²) in [4.78, 5) is 10.6. The zero-order chi connectivity index (χ0) is 15.5. The average molecular weight is 311 g/mol. The molecule has 6 nitrogen and oxygen atoms in total. The predicted molar refractivity (Wildman–Crippen MR) is 77.3 cm³/mol. The minimum absolute atomic E-state index is 0.198. The summed E-state index contributed by atoms with van der Waals surface area (Å²) in [6.45, 7) is 2.92. The number of carboxylic acid groups (broad SMARTS) is 1. The Morgan fingerprint density at radius 1 is 1.38 bits per heavy atom. The van der Waals surface area contributed by atoms with Crippen LogP contribution in [0.15, 0.2) is 35.2 Å². The first kappa shape index (κ1) is 15.7. The van der Waals surface area contributed by atoms with E-state index in [9.17, 15) is 13.2 Å². The molecule has 0 aliphatic carbocycles. The topological polar surface area (TPSA) is 83.9 Å². The van der Waals surface area contributed by atoms with Gasteiger partial charge in [-0.05, 0) is 30.7 Å². The van der Waals surface area contributed by atoms with Gasteiger partial charge >= 0.3 is 5.97 Å². The summed E-state index contributed by atoms with van der Waals surface area (Å²) >= 11 is 0. The summed E-state index contributed by atoms with van der Waals surface area (Å²) in [5.74, 6) is -1.05. The second kappa shape index (κ2) is 6.38. The van der Waals surface area contributed by atoms with E-state index >= 15 is 0 Å². The highest BCUT2D eigenvalue weighted by Gasteiger charge is 2.31. The quantitative estimate of drug-likeness (QED) is 0.845. The predicted octanol–water partition coefficient (Wildman–Crippen LogP) is 1.19. The molecule has 0 unspecified atom stereocenters. The van der Waals surface area contributed by atoms with Gasteiger partial charge < -0.3 is 9.84 Å². The number of sulfonamides is 1. The maximum absolute atomic E-state index is 12.5. The lowest BCUT2D eigenvalue weighted by Crippen LogP contribution is -2.46. The van der Waals surface area contributed by atoms with E-state index in [2.05, 4.69) is 0 Å². The van der Waals surface area contributed by atoms with Gasteiger partial charge in [0.1, 0.15) is 0 Å². The molecule has 7 heteroatoms. The molecule has 1 heterocycles. The summed E-state index contributed by atoms with van der Waals surface area (Å²) in [5, 5.41) is 8.56. The van der Waals surface area contributed by atoms with Crippen molar-refractivity contribution in [3.8, 4) is 0 Å². The molecule has 0 aromatic heterocycles. The van der Waals surface area contributed by atoms with Crippen LogP contribution in [-0.2, 0) is 19.6 Å². The minimum atomic E-state index is -3.55. The number of hydrogen-bond acceptors (Lipinski definition) is 4. The van der Waals surface area contributed by atoms with Crippen molar-refractivity contribution in [3.63, 3.8) is 0 Å². The normalized spacial score (nSPS) is 20.7. The summed E-state index contributed by atoms with van der Waals surface area (Å²) in [6, 6.07) is 5.93. The lowest BCUT2D eigenvalue weighted by Gasteiger charge is -2.32. The van der Waals surface area contributed by atoms with E-state index in [0.29, 0.717) is 25.3 Å². The molecule has 114 valence electrons. The van der Waals surface area contributed by atoms with E-state index in [1.807, 2.05) is 0 Å². The van der Waals surface area contributed by atoms with Crippen LogP contribution in [0.1, 0.15) is 12.5 Å². The van der Waals surface area contributed by atoms with Crippen LogP contribution in [0.25, 0.3) is 6.08 Å². The van der Waals surface area contributed by atoms with Crippen LogP contribution in [0.4, 0.5) is 0 Å². The van der Waals surface area contributed by atoms with Gasteiger partial charge in [0, 0.05) is 18.7 Å². The summed E-state index contributed by atoms with van der Waals surface area (Å²) in [7, 11) is -3.55. The van der Waals surface area contributed by atoms with Gasteiger partial charge in [0.05, 0.1) is 18.1 Å². The van der Waals surface area contributed by atoms with Gasteiger partial charge in [-0.15, -0.1) is 0 Å². The van der Waals surface area contributed by atoms with E-state index in [1.54, 1.807) is 19.1 Å².